The number of alkyl halides is 3. The van der Waals surface area contributed by atoms with Crippen LogP contribution in [0.25, 0.3) is 0 Å². The Bertz CT molecular complexity index is 426. The van der Waals surface area contributed by atoms with E-state index in [0.717, 1.165) is 0 Å². The number of rotatable bonds is 5. The van der Waals surface area contributed by atoms with Crippen molar-refractivity contribution in [3.8, 4) is 6.07 Å². The van der Waals surface area contributed by atoms with Crippen LogP contribution in [0.15, 0.2) is 0 Å². The van der Waals surface area contributed by atoms with Crippen molar-refractivity contribution in [3.63, 3.8) is 0 Å². The molecule has 22 heavy (non-hydrogen) atoms. The van der Waals surface area contributed by atoms with Gasteiger partial charge in [0.05, 0.1) is 18.5 Å². The Hall–Kier alpha value is -1.33. The highest BCUT2D eigenvalue weighted by Crippen LogP contribution is 2.38. The molecule has 1 aliphatic rings. The fourth-order valence-corrected chi connectivity index (χ4v) is 2.43. The highest BCUT2D eigenvalue weighted by molar-refractivity contribution is 5.78. The van der Waals surface area contributed by atoms with E-state index in [2.05, 4.69) is 6.07 Å². The van der Waals surface area contributed by atoms with E-state index >= 15 is 0 Å². The van der Waals surface area contributed by atoms with Gasteiger partial charge in [0.15, 0.2) is 5.60 Å². The molecule has 1 fully saturated rings. The van der Waals surface area contributed by atoms with Crippen LogP contribution in [0.3, 0.4) is 0 Å². The maximum absolute atomic E-state index is 12.7. The lowest BCUT2D eigenvalue weighted by atomic mass is 9.91. The van der Waals surface area contributed by atoms with Crippen LogP contribution in [0.5, 0.6) is 0 Å². The number of hydrogen-bond donors (Lipinski definition) is 1. The smallest absolute Gasteiger partial charge is 0.380 e. The lowest BCUT2D eigenvalue weighted by Crippen LogP contribution is -2.54. The molecule has 1 N–H and O–H groups in total. The number of nitriles is 1. The number of halogens is 3. The number of piperidine rings is 1. The van der Waals surface area contributed by atoms with E-state index in [-0.39, 0.29) is 31.5 Å². The predicted octanol–water partition coefficient (Wildman–Crippen LogP) is 1.38. The molecule has 1 rings (SSSR count). The first-order valence-corrected chi connectivity index (χ1v) is 7.32. The van der Waals surface area contributed by atoms with Gasteiger partial charge in [-0.15, -0.1) is 0 Å². The van der Waals surface area contributed by atoms with E-state index in [1.54, 1.807) is 18.7 Å². The van der Waals surface area contributed by atoms with Crippen LogP contribution in [-0.2, 0) is 4.79 Å². The van der Waals surface area contributed by atoms with Crippen molar-refractivity contribution in [1.82, 2.24) is 9.80 Å². The standard InChI is InChI=1S/C14H22F3N3O2/c1-3-20(9-11(2)8-18)12(21)10-19-6-4-13(22,5-7-19)14(15,16)17/h11,22H,3-7,9-10H2,1-2H3. The van der Waals surface area contributed by atoms with Crippen molar-refractivity contribution in [2.24, 2.45) is 5.92 Å². The second-order valence-electron chi connectivity index (χ2n) is 5.77. The van der Waals surface area contributed by atoms with E-state index in [0.29, 0.717) is 13.1 Å². The lowest BCUT2D eigenvalue weighted by Gasteiger charge is -2.39. The summed E-state index contributed by atoms with van der Waals surface area (Å²) in [4.78, 5) is 15.3. The molecule has 0 aromatic rings. The Kier molecular flexibility index (Phi) is 6.20. The van der Waals surface area contributed by atoms with Gasteiger partial charge in [-0.1, -0.05) is 0 Å². The van der Waals surface area contributed by atoms with Gasteiger partial charge in [-0.3, -0.25) is 9.69 Å². The van der Waals surface area contributed by atoms with Crippen LogP contribution in [0.1, 0.15) is 26.7 Å². The molecule has 0 aliphatic carbocycles. The fraction of sp³-hybridized carbons (Fsp3) is 0.857. The van der Waals surface area contributed by atoms with Crippen LogP contribution in [0.4, 0.5) is 13.2 Å². The van der Waals surface area contributed by atoms with Crippen molar-refractivity contribution in [3.05, 3.63) is 0 Å². The van der Waals surface area contributed by atoms with Crippen LogP contribution in [0.2, 0.25) is 0 Å². The summed E-state index contributed by atoms with van der Waals surface area (Å²) in [6.45, 7) is 4.32. The highest BCUT2D eigenvalue weighted by Gasteiger charge is 2.54. The molecule has 0 aromatic heterocycles. The largest absolute Gasteiger partial charge is 0.417 e. The number of amides is 1. The Labute approximate surface area is 128 Å². The first-order chi connectivity index (χ1) is 10.1. The van der Waals surface area contributed by atoms with Gasteiger partial charge >= 0.3 is 6.18 Å². The summed E-state index contributed by atoms with van der Waals surface area (Å²) in [6, 6.07) is 2.05. The highest BCUT2D eigenvalue weighted by atomic mass is 19.4. The van der Waals surface area contributed by atoms with Crippen molar-refractivity contribution in [1.29, 1.82) is 5.26 Å². The molecule has 1 unspecified atom stereocenters. The van der Waals surface area contributed by atoms with Gasteiger partial charge in [-0.25, -0.2) is 0 Å². The normalized spacial score (nSPS) is 20.2. The number of carbonyl (C=O) groups is 1. The van der Waals surface area contributed by atoms with Crippen molar-refractivity contribution < 1.29 is 23.1 Å². The van der Waals surface area contributed by atoms with Crippen molar-refractivity contribution in [2.45, 2.75) is 38.5 Å². The first-order valence-electron chi connectivity index (χ1n) is 7.32. The maximum Gasteiger partial charge on any atom is 0.417 e. The Morgan fingerprint density at radius 2 is 2.00 bits per heavy atom. The third kappa shape index (κ3) is 4.58. The first kappa shape index (κ1) is 18.7. The molecule has 0 aromatic carbocycles. The molecular weight excluding hydrogens is 299 g/mol. The molecule has 1 atom stereocenters. The van der Waals surface area contributed by atoms with Crippen molar-refractivity contribution >= 4 is 5.91 Å². The molecule has 1 heterocycles. The minimum atomic E-state index is -4.64. The summed E-state index contributed by atoms with van der Waals surface area (Å²) < 4.78 is 38.1. The van der Waals surface area contributed by atoms with E-state index in [9.17, 15) is 23.1 Å². The van der Waals surface area contributed by atoms with Gasteiger partial charge in [0.25, 0.3) is 0 Å². The molecule has 0 saturated carbocycles. The summed E-state index contributed by atoms with van der Waals surface area (Å²) in [7, 11) is 0. The van der Waals surface area contributed by atoms with Gasteiger partial charge in [0, 0.05) is 26.2 Å². The molecule has 8 heteroatoms. The Balaban J connectivity index is 2.52. The third-order valence-corrected chi connectivity index (χ3v) is 4.02. The zero-order valence-corrected chi connectivity index (χ0v) is 12.9. The minimum Gasteiger partial charge on any atom is -0.380 e. The second-order valence-corrected chi connectivity index (χ2v) is 5.77. The summed E-state index contributed by atoms with van der Waals surface area (Å²) in [6.07, 6.45) is -5.49. The summed E-state index contributed by atoms with van der Waals surface area (Å²) in [5.74, 6) is -0.498. The maximum atomic E-state index is 12.7. The minimum absolute atomic E-state index is 0.0138. The fourth-order valence-electron chi connectivity index (χ4n) is 2.43. The molecule has 0 bridgehead atoms. The number of likely N-dealkylation sites (N-methyl/N-ethyl adjacent to an activating group) is 1. The second kappa shape index (κ2) is 7.29. The zero-order chi connectivity index (χ0) is 17.0. The third-order valence-electron chi connectivity index (χ3n) is 4.02. The number of nitrogens with zero attached hydrogens (tertiary/aromatic N) is 3. The monoisotopic (exact) mass is 321 g/mol. The number of hydrogen-bond acceptors (Lipinski definition) is 4. The van der Waals surface area contributed by atoms with E-state index in [1.165, 1.54) is 4.90 Å². The summed E-state index contributed by atoms with van der Waals surface area (Å²) >= 11 is 0. The number of carbonyl (C=O) groups excluding carboxylic acids is 1. The average Bonchev–Trinajstić information content (AvgIpc) is 2.45. The Morgan fingerprint density at radius 1 is 1.45 bits per heavy atom. The molecule has 1 saturated heterocycles. The summed E-state index contributed by atoms with van der Waals surface area (Å²) in [5, 5.41) is 18.4. The van der Waals surface area contributed by atoms with E-state index in [1.807, 2.05) is 0 Å². The van der Waals surface area contributed by atoms with Crippen LogP contribution in [-0.4, -0.2) is 65.3 Å². The molecule has 5 nitrogen and oxygen atoms in total. The van der Waals surface area contributed by atoms with Gasteiger partial charge < -0.3 is 10.0 Å². The molecule has 1 aliphatic heterocycles. The zero-order valence-electron chi connectivity index (χ0n) is 12.9. The van der Waals surface area contributed by atoms with Crippen molar-refractivity contribution in [2.75, 3.05) is 32.7 Å². The van der Waals surface area contributed by atoms with E-state index < -0.39 is 24.6 Å². The number of likely N-dealkylation sites (tertiary alicyclic amines) is 1. The SMILES string of the molecule is CCN(CC(C)C#N)C(=O)CN1CCC(O)(C(F)(F)F)CC1. The number of aliphatic hydroxyl groups is 1. The molecule has 0 radical (unpaired) electrons. The topological polar surface area (TPSA) is 67.6 Å². The van der Waals surface area contributed by atoms with Gasteiger partial charge in [-0.05, 0) is 26.7 Å². The average molecular weight is 321 g/mol. The molecule has 0 spiro atoms. The van der Waals surface area contributed by atoms with Crippen LogP contribution < -0.4 is 0 Å². The van der Waals surface area contributed by atoms with Gasteiger partial charge in [0.2, 0.25) is 5.91 Å². The Morgan fingerprint density at radius 3 is 2.41 bits per heavy atom. The van der Waals surface area contributed by atoms with Crippen LogP contribution in [0, 0.1) is 17.2 Å². The van der Waals surface area contributed by atoms with E-state index in [4.69, 9.17) is 5.26 Å². The van der Waals surface area contributed by atoms with Gasteiger partial charge in [0.1, 0.15) is 0 Å². The van der Waals surface area contributed by atoms with Crippen LogP contribution >= 0.6 is 0 Å². The molecular formula is C14H22F3N3O2. The predicted molar refractivity (Wildman–Crippen MR) is 73.7 cm³/mol. The molecule has 126 valence electrons. The quantitative estimate of drug-likeness (QED) is 0.831. The summed E-state index contributed by atoms with van der Waals surface area (Å²) in [5.41, 5.74) is -2.65. The van der Waals surface area contributed by atoms with Gasteiger partial charge in [-0.2, -0.15) is 18.4 Å². The lowest BCUT2D eigenvalue weighted by molar-refractivity contribution is -0.272. The molecule has 1 amide bonds.